The highest BCUT2D eigenvalue weighted by atomic mass is 35.5. The molecular formula is C12H16ClN3O. The molecule has 92 valence electrons. The van der Waals surface area contributed by atoms with E-state index in [9.17, 15) is 4.79 Å². The number of anilines is 1. The van der Waals surface area contributed by atoms with E-state index >= 15 is 0 Å². The first-order chi connectivity index (χ1) is 8.24. The van der Waals surface area contributed by atoms with Gasteiger partial charge >= 0.3 is 0 Å². The van der Waals surface area contributed by atoms with E-state index in [0.29, 0.717) is 23.2 Å². The Labute approximate surface area is 106 Å². The summed E-state index contributed by atoms with van der Waals surface area (Å²) in [6.45, 7) is 2.10. The van der Waals surface area contributed by atoms with Gasteiger partial charge in [-0.2, -0.15) is 0 Å². The van der Waals surface area contributed by atoms with E-state index < -0.39 is 0 Å². The van der Waals surface area contributed by atoms with Crippen LogP contribution in [0.3, 0.4) is 0 Å². The van der Waals surface area contributed by atoms with E-state index in [1.165, 1.54) is 6.42 Å². The lowest BCUT2D eigenvalue weighted by molar-refractivity contribution is -0.116. The maximum atomic E-state index is 11.7. The van der Waals surface area contributed by atoms with Crippen LogP contribution in [0.5, 0.6) is 0 Å². The summed E-state index contributed by atoms with van der Waals surface area (Å²) in [5, 5.41) is 6.62. The lowest BCUT2D eigenvalue weighted by Gasteiger charge is -2.08. The molecule has 1 saturated heterocycles. The molecule has 1 aliphatic rings. The second kappa shape index (κ2) is 5.98. The second-order valence-corrected chi connectivity index (χ2v) is 4.74. The molecule has 1 aromatic heterocycles. The van der Waals surface area contributed by atoms with Crippen molar-refractivity contribution in [3.8, 4) is 0 Å². The van der Waals surface area contributed by atoms with E-state index in [2.05, 4.69) is 15.6 Å². The Morgan fingerprint density at radius 3 is 3.24 bits per heavy atom. The molecule has 2 heterocycles. The number of hydrogen-bond donors (Lipinski definition) is 2. The number of amides is 1. The first kappa shape index (κ1) is 12.3. The summed E-state index contributed by atoms with van der Waals surface area (Å²) in [6.07, 6.45) is 4.22. The van der Waals surface area contributed by atoms with Gasteiger partial charge in [0.05, 0.1) is 0 Å². The summed E-state index contributed by atoms with van der Waals surface area (Å²) in [5.74, 6) is 1.16. The molecule has 4 nitrogen and oxygen atoms in total. The first-order valence-electron chi connectivity index (χ1n) is 5.86. The number of aromatic nitrogens is 1. The van der Waals surface area contributed by atoms with Gasteiger partial charge in [0.25, 0.3) is 0 Å². The van der Waals surface area contributed by atoms with Crippen LogP contribution in [0.4, 0.5) is 5.82 Å². The molecule has 0 aromatic carbocycles. The van der Waals surface area contributed by atoms with Crippen molar-refractivity contribution < 1.29 is 4.79 Å². The van der Waals surface area contributed by atoms with E-state index in [0.717, 1.165) is 19.5 Å². The monoisotopic (exact) mass is 253 g/mol. The molecule has 1 amide bonds. The highest BCUT2D eigenvalue weighted by molar-refractivity contribution is 6.30. The Hall–Kier alpha value is -1.13. The van der Waals surface area contributed by atoms with Crippen molar-refractivity contribution in [3.63, 3.8) is 0 Å². The van der Waals surface area contributed by atoms with Gasteiger partial charge in [0.1, 0.15) is 5.82 Å². The molecule has 17 heavy (non-hydrogen) atoms. The van der Waals surface area contributed by atoms with Crippen molar-refractivity contribution in [2.75, 3.05) is 18.4 Å². The lowest BCUT2D eigenvalue weighted by atomic mass is 10.0. The standard InChI is InChI=1S/C12H16ClN3O/c13-10-4-6-15-11(7-10)16-12(17)2-1-9-3-5-14-8-9/h4,6-7,9,14H,1-3,5,8H2,(H,15,16,17). The largest absolute Gasteiger partial charge is 0.316 e. The topological polar surface area (TPSA) is 54.0 Å². The average molecular weight is 254 g/mol. The third-order valence-corrected chi connectivity index (χ3v) is 3.17. The van der Waals surface area contributed by atoms with Crippen LogP contribution in [0.15, 0.2) is 18.3 Å². The minimum Gasteiger partial charge on any atom is -0.316 e. The van der Waals surface area contributed by atoms with Crippen LogP contribution in [0.1, 0.15) is 19.3 Å². The number of carbonyl (C=O) groups excluding carboxylic acids is 1. The second-order valence-electron chi connectivity index (χ2n) is 4.30. The highest BCUT2D eigenvalue weighted by Gasteiger charge is 2.15. The summed E-state index contributed by atoms with van der Waals surface area (Å²) < 4.78 is 0. The van der Waals surface area contributed by atoms with E-state index in [-0.39, 0.29) is 5.91 Å². The fourth-order valence-corrected chi connectivity index (χ4v) is 2.13. The zero-order valence-electron chi connectivity index (χ0n) is 9.58. The van der Waals surface area contributed by atoms with E-state index in [1.807, 2.05) is 0 Å². The molecule has 0 saturated carbocycles. The molecule has 0 aliphatic carbocycles. The molecule has 1 atom stereocenters. The third-order valence-electron chi connectivity index (χ3n) is 2.93. The zero-order chi connectivity index (χ0) is 12.1. The van der Waals surface area contributed by atoms with Crippen molar-refractivity contribution in [1.82, 2.24) is 10.3 Å². The molecule has 0 radical (unpaired) electrons. The van der Waals surface area contributed by atoms with Gasteiger partial charge in [-0.3, -0.25) is 4.79 Å². The molecule has 5 heteroatoms. The minimum atomic E-state index is 0.00617. The van der Waals surface area contributed by atoms with Crippen LogP contribution < -0.4 is 10.6 Å². The number of pyridine rings is 1. The smallest absolute Gasteiger partial charge is 0.225 e. The van der Waals surface area contributed by atoms with Crippen LogP contribution in [0.2, 0.25) is 5.02 Å². The molecule has 1 unspecified atom stereocenters. The fraction of sp³-hybridized carbons (Fsp3) is 0.500. The number of halogens is 1. The predicted octanol–water partition coefficient (Wildman–Crippen LogP) is 2.06. The number of nitrogens with zero attached hydrogens (tertiary/aromatic N) is 1. The van der Waals surface area contributed by atoms with Crippen molar-refractivity contribution in [2.45, 2.75) is 19.3 Å². The van der Waals surface area contributed by atoms with Crippen LogP contribution in [-0.2, 0) is 4.79 Å². The predicted molar refractivity (Wildman–Crippen MR) is 68.1 cm³/mol. The summed E-state index contributed by atoms with van der Waals surface area (Å²) in [5.41, 5.74) is 0. The Balaban J connectivity index is 1.76. The van der Waals surface area contributed by atoms with Gasteiger partial charge in [-0.15, -0.1) is 0 Å². The molecule has 0 spiro atoms. The summed E-state index contributed by atoms with van der Waals surface area (Å²) >= 11 is 5.81. The summed E-state index contributed by atoms with van der Waals surface area (Å²) in [6, 6.07) is 3.33. The van der Waals surface area contributed by atoms with Crippen molar-refractivity contribution in [2.24, 2.45) is 5.92 Å². The molecule has 1 aliphatic heterocycles. The fourth-order valence-electron chi connectivity index (χ4n) is 1.97. The maximum absolute atomic E-state index is 11.7. The van der Waals surface area contributed by atoms with Crippen LogP contribution in [0, 0.1) is 5.92 Å². The Morgan fingerprint density at radius 2 is 2.53 bits per heavy atom. The number of rotatable bonds is 4. The summed E-state index contributed by atoms with van der Waals surface area (Å²) in [4.78, 5) is 15.7. The Kier molecular flexibility index (Phi) is 4.34. The molecular weight excluding hydrogens is 238 g/mol. The molecule has 1 fully saturated rings. The van der Waals surface area contributed by atoms with E-state index in [4.69, 9.17) is 11.6 Å². The molecule has 1 aromatic rings. The number of hydrogen-bond acceptors (Lipinski definition) is 3. The molecule has 2 N–H and O–H groups in total. The maximum Gasteiger partial charge on any atom is 0.225 e. The van der Waals surface area contributed by atoms with Crippen molar-refractivity contribution in [3.05, 3.63) is 23.4 Å². The van der Waals surface area contributed by atoms with Crippen molar-refractivity contribution in [1.29, 1.82) is 0 Å². The van der Waals surface area contributed by atoms with Gasteiger partial charge in [0, 0.05) is 17.6 Å². The molecule has 2 rings (SSSR count). The van der Waals surface area contributed by atoms with Gasteiger partial charge in [-0.1, -0.05) is 11.6 Å². The Morgan fingerprint density at radius 1 is 1.65 bits per heavy atom. The SMILES string of the molecule is O=C(CCC1CCNC1)Nc1cc(Cl)ccn1. The van der Waals surface area contributed by atoms with Crippen LogP contribution >= 0.6 is 11.6 Å². The quantitative estimate of drug-likeness (QED) is 0.864. The van der Waals surface area contributed by atoms with Gasteiger partial charge in [-0.25, -0.2) is 4.98 Å². The van der Waals surface area contributed by atoms with Crippen LogP contribution in [0.25, 0.3) is 0 Å². The first-order valence-corrected chi connectivity index (χ1v) is 6.24. The van der Waals surface area contributed by atoms with Gasteiger partial charge in [0.15, 0.2) is 0 Å². The number of nitrogens with one attached hydrogen (secondary N) is 2. The van der Waals surface area contributed by atoms with Gasteiger partial charge in [0.2, 0.25) is 5.91 Å². The number of carbonyl (C=O) groups is 1. The summed E-state index contributed by atoms with van der Waals surface area (Å²) in [7, 11) is 0. The normalized spacial score (nSPS) is 19.2. The van der Waals surface area contributed by atoms with Gasteiger partial charge < -0.3 is 10.6 Å². The van der Waals surface area contributed by atoms with Crippen LogP contribution in [-0.4, -0.2) is 24.0 Å². The molecule has 0 bridgehead atoms. The van der Waals surface area contributed by atoms with Gasteiger partial charge in [-0.05, 0) is 44.0 Å². The van der Waals surface area contributed by atoms with E-state index in [1.54, 1.807) is 18.3 Å². The third kappa shape index (κ3) is 3.98. The highest BCUT2D eigenvalue weighted by Crippen LogP contribution is 2.16. The average Bonchev–Trinajstić information content (AvgIpc) is 2.79. The Bertz CT molecular complexity index is 391. The zero-order valence-corrected chi connectivity index (χ0v) is 10.3. The minimum absolute atomic E-state index is 0.00617. The lowest BCUT2D eigenvalue weighted by Crippen LogP contribution is -2.15. The van der Waals surface area contributed by atoms with Crippen molar-refractivity contribution >= 4 is 23.3 Å².